The molecule has 3 N–H and O–H groups in total. The molecule has 7 heteroatoms. The Bertz CT molecular complexity index is 560. The smallest absolute Gasteiger partial charge is 0.303 e. The summed E-state index contributed by atoms with van der Waals surface area (Å²) < 4.78 is 0. The van der Waals surface area contributed by atoms with Crippen LogP contribution in [0, 0.1) is 0 Å². The average Bonchev–Trinajstić information content (AvgIpc) is 2.51. The van der Waals surface area contributed by atoms with E-state index in [0.717, 1.165) is 23.4 Å². The fourth-order valence-electron chi connectivity index (χ4n) is 2.01. The molecule has 2 amide bonds. The highest BCUT2D eigenvalue weighted by molar-refractivity contribution is 8.00. The van der Waals surface area contributed by atoms with E-state index in [2.05, 4.69) is 10.6 Å². The Kier molecular flexibility index (Phi) is 8.93. The number of carbonyl (C=O) groups is 3. The van der Waals surface area contributed by atoms with Crippen molar-refractivity contribution in [3.05, 3.63) is 24.3 Å². The quantitative estimate of drug-likeness (QED) is 0.444. The van der Waals surface area contributed by atoms with Crippen LogP contribution in [0.5, 0.6) is 0 Å². The third kappa shape index (κ3) is 8.57. The van der Waals surface area contributed by atoms with Crippen LogP contribution in [0.4, 0.5) is 5.69 Å². The van der Waals surface area contributed by atoms with Gasteiger partial charge in [0.15, 0.2) is 0 Å². The minimum atomic E-state index is -0.784. The van der Waals surface area contributed by atoms with Gasteiger partial charge in [0.1, 0.15) is 0 Å². The van der Waals surface area contributed by atoms with E-state index in [-0.39, 0.29) is 23.5 Å². The number of anilines is 1. The first-order chi connectivity index (χ1) is 11.4. The lowest BCUT2D eigenvalue weighted by Crippen LogP contribution is -2.31. The first kappa shape index (κ1) is 20.0. The largest absolute Gasteiger partial charge is 0.481 e. The molecule has 1 aromatic rings. The summed E-state index contributed by atoms with van der Waals surface area (Å²) in [5.41, 5.74) is 0.727. The summed E-state index contributed by atoms with van der Waals surface area (Å²) in [4.78, 5) is 34.3. The number of thioether (sulfide) groups is 1. The van der Waals surface area contributed by atoms with Gasteiger partial charge in [-0.15, -0.1) is 11.8 Å². The van der Waals surface area contributed by atoms with E-state index in [9.17, 15) is 14.4 Å². The van der Waals surface area contributed by atoms with Crippen molar-refractivity contribution in [1.29, 1.82) is 0 Å². The molecule has 132 valence electrons. The number of carboxylic acids is 1. The lowest BCUT2D eigenvalue weighted by atomic mass is 10.2. The van der Waals surface area contributed by atoms with E-state index >= 15 is 0 Å². The number of rotatable bonds is 10. The predicted octanol–water partition coefficient (Wildman–Crippen LogP) is 2.89. The van der Waals surface area contributed by atoms with Gasteiger partial charge in [-0.2, -0.15) is 0 Å². The van der Waals surface area contributed by atoms with Crippen molar-refractivity contribution < 1.29 is 19.5 Å². The molecule has 0 bridgehead atoms. The molecule has 1 aromatic carbocycles. The van der Waals surface area contributed by atoms with Crippen molar-refractivity contribution in [1.82, 2.24) is 5.32 Å². The molecule has 0 radical (unpaired) electrons. The van der Waals surface area contributed by atoms with Gasteiger partial charge in [-0.1, -0.05) is 6.42 Å². The lowest BCUT2D eigenvalue weighted by molar-refractivity contribution is -0.137. The second kappa shape index (κ2) is 10.7. The highest BCUT2D eigenvalue weighted by atomic mass is 32.2. The van der Waals surface area contributed by atoms with Gasteiger partial charge in [-0.3, -0.25) is 14.4 Å². The fraction of sp³-hybridized carbons (Fsp3) is 0.471. The molecule has 1 unspecified atom stereocenters. The van der Waals surface area contributed by atoms with Gasteiger partial charge in [0.2, 0.25) is 11.8 Å². The zero-order chi connectivity index (χ0) is 17.9. The Hall–Kier alpha value is -2.02. The van der Waals surface area contributed by atoms with Crippen LogP contribution in [0.25, 0.3) is 0 Å². The van der Waals surface area contributed by atoms with E-state index in [1.807, 2.05) is 19.1 Å². The van der Waals surface area contributed by atoms with Crippen LogP contribution in [0.3, 0.4) is 0 Å². The predicted molar refractivity (Wildman–Crippen MR) is 95.2 cm³/mol. The molecular weight excluding hydrogens is 328 g/mol. The minimum absolute atomic E-state index is 0.0378. The van der Waals surface area contributed by atoms with Crippen molar-refractivity contribution in [2.75, 3.05) is 11.9 Å². The molecule has 0 fully saturated rings. The van der Waals surface area contributed by atoms with E-state index in [1.54, 1.807) is 12.1 Å². The number of amides is 2. The highest BCUT2D eigenvalue weighted by Gasteiger charge is 2.13. The maximum atomic E-state index is 12.0. The topological polar surface area (TPSA) is 95.5 Å². The van der Waals surface area contributed by atoms with Gasteiger partial charge >= 0.3 is 5.97 Å². The molecule has 1 atom stereocenters. The second-order valence-electron chi connectivity index (χ2n) is 5.46. The van der Waals surface area contributed by atoms with Crippen LogP contribution in [-0.4, -0.2) is 34.7 Å². The number of nitrogens with one attached hydrogen (secondary N) is 2. The Morgan fingerprint density at radius 2 is 1.79 bits per heavy atom. The van der Waals surface area contributed by atoms with Crippen LogP contribution in [0.2, 0.25) is 0 Å². The van der Waals surface area contributed by atoms with E-state index in [4.69, 9.17) is 5.11 Å². The van der Waals surface area contributed by atoms with Crippen LogP contribution in [0.1, 0.15) is 39.5 Å². The Balaban J connectivity index is 2.28. The summed E-state index contributed by atoms with van der Waals surface area (Å²) in [5.74, 6) is -0.941. The Labute approximate surface area is 146 Å². The molecular formula is C17H24N2O4S. The van der Waals surface area contributed by atoms with E-state index < -0.39 is 5.97 Å². The maximum Gasteiger partial charge on any atom is 0.303 e. The summed E-state index contributed by atoms with van der Waals surface area (Å²) in [7, 11) is 0. The molecule has 0 spiro atoms. The molecule has 24 heavy (non-hydrogen) atoms. The maximum absolute atomic E-state index is 12.0. The molecule has 0 aliphatic carbocycles. The van der Waals surface area contributed by atoms with Crippen LogP contribution < -0.4 is 10.6 Å². The third-order valence-corrected chi connectivity index (χ3v) is 4.34. The van der Waals surface area contributed by atoms with Crippen LogP contribution >= 0.6 is 11.8 Å². The van der Waals surface area contributed by atoms with Crippen molar-refractivity contribution in [2.45, 2.75) is 49.7 Å². The minimum Gasteiger partial charge on any atom is -0.481 e. The molecule has 6 nitrogen and oxygen atoms in total. The zero-order valence-corrected chi connectivity index (χ0v) is 14.8. The number of unbranched alkanes of at least 4 members (excludes halogenated alkanes) is 2. The summed E-state index contributed by atoms with van der Waals surface area (Å²) >= 11 is 1.45. The van der Waals surface area contributed by atoms with Gasteiger partial charge < -0.3 is 15.7 Å². The highest BCUT2D eigenvalue weighted by Crippen LogP contribution is 2.24. The number of carbonyl (C=O) groups excluding carboxylic acids is 2. The fourth-order valence-corrected chi connectivity index (χ4v) is 2.90. The number of benzene rings is 1. The Morgan fingerprint density at radius 3 is 2.38 bits per heavy atom. The van der Waals surface area contributed by atoms with Crippen LogP contribution in [-0.2, 0) is 14.4 Å². The van der Waals surface area contributed by atoms with Gasteiger partial charge in [-0.25, -0.2) is 0 Å². The zero-order valence-electron chi connectivity index (χ0n) is 14.0. The van der Waals surface area contributed by atoms with Crippen molar-refractivity contribution >= 4 is 35.2 Å². The van der Waals surface area contributed by atoms with Crippen LogP contribution in [0.15, 0.2) is 29.2 Å². The van der Waals surface area contributed by atoms with Crippen molar-refractivity contribution in [3.8, 4) is 0 Å². The molecule has 0 aliphatic heterocycles. The van der Waals surface area contributed by atoms with Crippen molar-refractivity contribution in [2.24, 2.45) is 0 Å². The SMILES string of the molecule is CC(=O)Nc1ccc(SC(C)C(=O)NCCCCCC(=O)O)cc1. The second-order valence-corrected chi connectivity index (χ2v) is 6.88. The van der Waals surface area contributed by atoms with Gasteiger partial charge in [-0.05, 0) is 44.0 Å². The van der Waals surface area contributed by atoms with E-state index in [1.165, 1.54) is 18.7 Å². The normalized spacial score (nSPS) is 11.6. The molecule has 1 rings (SSSR count). The standard InChI is InChI=1S/C17H24N2O4S/c1-12(17(23)18-11-5-3-4-6-16(21)22)24-15-9-7-14(8-10-15)19-13(2)20/h7-10,12H,3-6,11H2,1-2H3,(H,18,23)(H,19,20)(H,21,22). The van der Waals surface area contributed by atoms with Gasteiger partial charge in [0.25, 0.3) is 0 Å². The number of carboxylic acid groups (broad SMARTS) is 1. The molecule has 0 saturated carbocycles. The third-order valence-electron chi connectivity index (χ3n) is 3.22. The number of aliphatic carboxylic acids is 1. The summed E-state index contributed by atoms with van der Waals surface area (Å²) in [5, 5.41) is 13.9. The molecule has 0 heterocycles. The average molecular weight is 352 g/mol. The van der Waals surface area contributed by atoms with Crippen molar-refractivity contribution in [3.63, 3.8) is 0 Å². The first-order valence-electron chi connectivity index (χ1n) is 7.92. The van der Waals surface area contributed by atoms with Gasteiger partial charge in [0.05, 0.1) is 5.25 Å². The molecule has 0 saturated heterocycles. The monoisotopic (exact) mass is 352 g/mol. The summed E-state index contributed by atoms with van der Waals surface area (Å²) in [6.45, 7) is 3.85. The number of hydrogen-bond acceptors (Lipinski definition) is 4. The molecule has 0 aliphatic rings. The summed E-state index contributed by atoms with van der Waals surface area (Å²) in [6.07, 6.45) is 2.38. The number of hydrogen-bond donors (Lipinski definition) is 3. The lowest BCUT2D eigenvalue weighted by Gasteiger charge is -2.12. The van der Waals surface area contributed by atoms with Gasteiger partial charge in [0, 0.05) is 30.5 Å². The van der Waals surface area contributed by atoms with E-state index in [0.29, 0.717) is 13.0 Å². The Morgan fingerprint density at radius 1 is 1.12 bits per heavy atom. The molecule has 0 aromatic heterocycles. The first-order valence-corrected chi connectivity index (χ1v) is 8.80. The summed E-state index contributed by atoms with van der Waals surface area (Å²) in [6, 6.07) is 7.34.